The lowest BCUT2D eigenvalue weighted by Crippen LogP contribution is -2.35. The van der Waals surface area contributed by atoms with E-state index in [-0.39, 0.29) is 78.6 Å². The Morgan fingerprint density at radius 3 is 1.28 bits per heavy atom. The SMILES string of the molecule is CC(C)(c1ccc(O)cc1)c1ccc(O)cc1.COC1COC2C(OC(=O)Oc3ccc(C(C)(C)c4ccc(OC(C)=O)cc4)cc3)COC12.OC1COC2C(O)COC12. The van der Waals surface area contributed by atoms with Crippen molar-refractivity contribution >= 4 is 12.1 Å². The number of esters is 1. The van der Waals surface area contributed by atoms with E-state index in [1.54, 1.807) is 55.6 Å². The van der Waals surface area contributed by atoms with Gasteiger partial charge in [0.15, 0.2) is 6.10 Å². The number of ether oxygens (including phenoxy) is 8. The van der Waals surface area contributed by atoms with Crippen LogP contribution in [0.5, 0.6) is 23.0 Å². The van der Waals surface area contributed by atoms with Crippen molar-refractivity contribution in [3.63, 3.8) is 0 Å². The second-order valence-electron chi connectivity index (χ2n) is 16.1. The van der Waals surface area contributed by atoms with E-state index in [4.69, 9.17) is 48.1 Å². The van der Waals surface area contributed by atoms with Gasteiger partial charge in [-0.1, -0.05) is 76.2 Å². The quantitative estimate of drug-likeness (QED) is 0.0981. The normalized spacial score (nSPS) is 25.5. The van der Waals surface area contributed by atoms with Crippen LogP contribution < -0.4 is 9.47 Å². The second kappa shape index (κ2) is 19.1. The van der Waals surface area contributed by atoms with Gasteiger partial charge in [-0.05, 0) is 70.8 Å². The van der Waals surface area contributed by atoms with Crippen LogP contribution >= 0.6 is 0 Å². The smallest absolute Gasteiger partial charge is 0.508 e. The number of methoxy groups -OCH3 is 1. The third-order valence-electron chi connectivity index (χ3n) is 11.3. The van der Waals surface area contributed by atoms with Gasteiger partial charge in [0.05, 0.1) is 26.4 Å². The first-order valence-corrected chi connectivity index (χ1v) is 19.8. The lowest BCUT2D eigenvalue weighted by atomic mass is 9.78. The number of carbonyl (C=O) groups is 2. The molecule has 0 aromatic heterocycles. The highest BCUT2D eigenvalue weighted by atomic mass is 16.7. The Morgan fingerprint density at radius 2 is 0.883 bits per heavy atom. The summed E-state index contributed by atoms with van der Waals surface area (Å²) in [6, 6.07) is 29.1. The van der Waals surface area contributed by atoms with E-state index in [1.807, 2.05) is 48.5 Å². The summed E-state index contributed by atoms with van der Waals surface area (Å²) in [5, 5.41) is 36.9. The summed E-state index contributed by atoms with van der Waals surface area (Å²) in [5.74, 6) is 1.07. The minimum Gasteiger partial charge on any atom is -0.508 e. The molecule has 322 valence electrons. The maximum absolute atomic E-state index is 12.3. The van der Waals surface area contributed by atoms with E-state index in [0.29, 0.717) is 18.1 Å². The van der Waals surface area contributed by atoms with Crippen LogP contribution in [0, 0.1) is 0 Å². The summed E-state index contributed by atoms with van der Waals surface area (Å²) in [4.78, 5) is 23.4. The van der Waals surface area contributed by atoms with Gasteiger partial charge < -0.3 is 58.3 Å². The van der Waals surface area contributed by atoms with Crippen LogP contribution in [-0.4, -0.2) is 115 Å². The summed E-state index contributed by atoms with van der Waals surface area (Å²) in [5.41, 5.74) is 3.86. The molecule has 4 aromatic rings. The first kappa shape index (κ1) is 44.5. The summed E-state index contributed by atoms with van der Waals surface area (Å²) in [6.45, 7) is 11.0. The molecule has 8 rings (SSSR count). The van der Waals surface area contributed by atoms with Crippen LogP contribution in [0.25, 0.3) is 0 Å². The Kier molecular flexibility index (Phi) is 14.2. The number of phenolic OH excluding ortho intramolecular Hbond substituents is 2. The molecule has 0 saturated carbocycles. The molecular weight excluding hydrogens is 776 g/mol. The lowest BCUT2D eigenvalue weighted by molar-refractivity contribution is -0.131. The van der Waals surface area contributed by atoms with Crippen molar-refractivity contribution in [2.45, 2.75) is 94.3 Å². The van der Waals surface area contributed by atoms with Gasteiger partial charge >= 0.3 is 12.1 Å². The number of aliphatic hydroxyl groups is 2. The number of carbonyl (C=O) groups excluding carboxylic acids is 2. The van der Waals surface area contributed by atoms with Crippen molar-refractivity contribution in [2.24, 2.45) is 0 Å². The van der Waals surface area contributed by atoms with Crippen LogP contribution in [0.3, 0.4) is 0 Å². The molecule has 4 aromatic carbocycles. The van der Waals surface area contributed by atoms with Crippen LogP contribution in [0.4, 0.5) is 4.79 Å². The van der Waals surface area contributed by atoms with E-state index in [1.165, 1.54) is 6.92 Å². The van der Waals surface area contributed by atoms with Crippen LogP contribution in [0.1, 0.15) is 56.9 Å². The van der Waals surface area contributed by atoms with Gasteiger partial charge in [0.2, 0.25) is 0 Å². The predicted octanol–water partition coefficient (Wildman–Crippen LogP) is 5.56. The first-order valence-electron chi connectivity index (χ1n) is 19.8. The summed E-state index contributed by atoms with van der Waals surface area (Å²) >= 11 is 0. The zero-order valence-electron chi connectivity index (χ0n) is 34.6. The van der Waals surface area contributed by atoms with Crippen LogP contribution in [-0.2, 0) is 44.0 Å². The monoisotopic (exact) mass is 830 g/mol. The van der Waals surface area contributed by atoms with Gasteiger partial charge in [-0.2, -0.15) is 0 Å². The molecule has 4 aliphatic rings. The molecule has 4 heterocycles. The van der Waals surface area contributed by atoms with Gasteiger partial charge in [0, 0.05) is 24.9 Å². The second-order valence-corrected chi connectivity index (χ2v) is 16.1. The molecule has 8 atom stereocenters. The Hall–Kier alpha value is -5.06. The van der Waals surface area contributed by atoms with Gasteiger partial charge in [-0.15, -0.1) is 0 Å². The summed E-state index contributed by atoms with van der Waals surface area (Å²) in [7, 11) is 1.60. The number of aliphatic hydroxyl groups excluding tert-OH is 2. The zero-order valence-corrected chi connectivity index (χ0v) is 34.6. The number of aromatic hydroxyl groups is 2. The largest absolute Gasteiger partial charge is 0.514 e. The Labute approximate surface area is 349 Å². The molecule has 4 saturated heterocycles. The number of fused-ring (bicyclic) bond motifs is 2. The van der Waals surface area contributed by atoms with Gasteiger partial charge in [0.25, 0.3) is 0 Å². The van der Waals surface area contributed by atoms with Crippen LogP contribution in [0.2, 0.25) is 0 Å². The van der Waals surface area contributed by atoms with E-state index >= 15 is 0 Å². The first-order chi connectivity index (χ1) is 28.6. The fourth-order valence-corrected chi connectivity index (χ4v) is 7.57. The molecule has 0 aliphatic carbocycles. The molecule has 4 fully saturated rings. The van der Waals surface area contributed by atoms with E-state index in [0.717, 1.165) is 22.3 Å². The predicted molar refractivity (Wildman–Crippen MR) is 217 cm³/mol. The Balaban J connectivity index is 0.000000183. The standard InChI is InChI=1S/C25H28O8.C15H16O2.C6H10O4/c1-15(26)31-18-9-5-16(6-10-18)25(2,3)17-7-11-19(12-8-17)32-24(27)33-21-14-30-22-20(28-4)13-29-23(21)22;1-15(2,11-3-7-13(16)8-4-11)12-5-9-14(17)10-6-12;7-3-1-9-6-4(8)2-10-5(3)6/h5-12,20-23H,13-14H2,1-4H3;3-10,16-17H,1-2H3;3-8H,1-2H2. The van der Waals surface area contributed by atoms with Crippen molar-refractivity contribution in [1.29, 1.82) is 0 Å². The van der Waals surface area contributed by atoms with Gasteiger partial charge in [-0.25, -0.2) is 4.79 Å². The van der Waals surface area contributed by atoms with E-state index in [9.17, 15) is 19.8 Å². The van der Waals surface area contributed by atoms with Crippen molar-refractivity contribution in [3.05, 3.63) is 119 Å². The molecule has 8 unspecified atom stereocenters. The highest BCUT2D eigenvalue weighted by Crippen LogP contribution is 2.35. The fraction of sp³-hybridized carbons (Fsp3) is 0.435. The number of phenols is 2. The Morgan fingerprint density at radius 1 is 0.533 bits per heavy atom. The number of benzene rings is 4. The molecule has 0 amide bonds. The molecular formula is C46H54O14. The van der Waals surface area contributed by atoms with E-state index in [2.05, 4.69) is 27.7 Å². The Bertz CT molecular complexity index is 1950. The highest BCUT2D eigenvalue weighted by molar-refractivity contribution is 5.69. The van der Waals surface area contributed by atoms with E-state index < -0.39 is 24.5 Å². The zero-order chi connectivity index (χ0) is 43.2. The molecule has 0 spiro atoms. The number of rotatable bonds is 8. The molecule has 60 heavy (non-hydrogen) atoms. The van der Waals surface area contributed by atoms with Gasteiger partial charge in [-0.3, -0.25) is 4.79 Å². The third kappa shape index (κ3) is 10.4. The minimum atomic E-state index is -0.804. The highest BCUT2D eigenvalue weighted by Gasteiger charge is 2.50. The maximum atomic E-state index is 12.3. The molecule has 0 bridgehead atoms. The molecule has 4 aliphatic heterocycles. The minimum absolute atomic E-state index is 0.151. The average Bonchev–Trinajstić information content (AvgIpc) is 4.01. The number of hydrogen-bond donors (Lipinski definition) is 4. The topological polar surface area (TPSA) is 189 Å². The molecule has 14 heteroatoms. The van der Waals surface area contributed by atoms with Gasteiger partial charge in [0.1, 0.15) is 65.7 Å². The summed E-state index contributed by atoms with van der Waals surface area (Å²) < 4.78 is 42.7. The number of hydrogen-bond acceptors (Lipinski definition) is 14. The summed E-state index contributed by atoms with van der Waals surface area (Å²) in [6.07, 6.45) is -3.78. The van der Waals surface area contributed by atoms with Crippen molar-refractivity contribution in [1.82, 2.24) is 0 Å². The van der Waals surface area contributed by atoms with Crippen molar-refractivity contribution in [3.8, 4) is 23.0 Å². The molecule has 4 N–H and O–H groups in total. The maximum Gasteiger partial charge on any atom is 0.514 e. The van der Waals surface area contributed by atoms with Crippen molar-refractivity contribution in [2.75, 3.05) is 33.5 Å². The molecule has 14 nitrogen and oxygen atoms in total. The third-order valence-corrected chi connectivity index (χ3v) is 11.3. The fourth-order valence-electron chi connectivity index (χ4n) is 7.57. The van der Waals surface area contributed by atoms with Crippen molar-refractivity contribution < 1.29 is 67.9 Å². The molecule has 0 radical (unpaired) electrons. The average molecular weight is 831 g/mol. The lowest BCUT2D eigenvalue weighted by Gasteiger charge is -2.26. The van der Waals surface area contributed by atoms with Crippen LogP contribution in [0.15, 0.2) is 97.1 Å².